The van der Waals surface area contributed by atoms with Crippen molar-refractivity contribution in [2.75, 3.05) is 7.11 Å². The molecular weight excluding hydrogens is 248 g/mol. The SMILES string of the molecule is CCCCCCC(C)(C#CC(=O)c1ccccc1)OC. The van der Waals surface area contributed by atoms with Crippen LogP contribution in [0.2, 0.25) is 0 Å². The summed E-state index contributed by atoms with van der Waals surface area (Å²) in [6.07, 6.45) is 5.56. The highest BCUT2D eigenvalue weighted by atomic mass is 16.5. The van der Waals surface area contributed by atoms with Gasteiger partial charge in [0.2, 0.25) is 5.78 Å². The first-order chi connectivity index (χ1) is 9.61. The van der Waals surface area contributed by atoms with Crippen molar-refractivity contribution >= 4 is 5.78 Å². The van der Waals surface area contributed by atoms with E-state index in [-0.39, 0.29) is 5.78 Å². The van der Waals surface area contributed by atoms with Gasteiger partial charge in [0.05, 0.1) is 0 Å². The number of Topliss-reactive ketones (excluding diaryl/α,β-unsaturated/α-hetero) is 1. The number of ether oxygens (including phenoxy) is 1. The molecule has 0 aliphatic carbocycles. The number of carbonyl (C=O) groups is 1. The van der Waals surface area contributed by atoms with E-state index in [1.165, 1.54) is 19.3 Å². The van der Waals surface area contributed by atoms with E-state index < -0.39 is 5.60 Å². The normalized spacial score (nSPS) is 13.2. The van der Waals surface area contributed by atoms with Crippen molar-refractivity contribution in [1.82, 2.24) is 0 Å². The third-order valence-electron chi connectivity index (χ3n) is 3.43. The summed E-state index contributed by atoms with van der Waals surface area (Å²) in [5, 5.41) is 0. The molecule has 1 atom stereocenters. The third-order valence-corrected chi connectivity index (χ3v) is 3.43. The van der Waals surface area contributed by atoms with Gasteiger partial charge in [0.15, 0.2) is 0 Å². The first-order valence-corrected chi connectivity index (χ1v) is 7.29. The van der Waals surface area contributed by atoms with Gasteiger partial charge in [-0.05, 0) is 25.7 Å². The summed E-state index contributed by atoms with van der Waals surface area (Å²) < 4.78 is 5.48. The number of rotatable bonds is 7. The van der Waals surface area contributed by atoms with Crippen LogP contribution in [0.15, 0.2) is 30.3 Å². The Kier molecular flexibility index (Phi) is 7.04. The predicted octanol–water partition coefficient (Wildman–Crippen LogP) is 4.25. The molecule has 1 aromatic rings. The fourth-order valence-corrected chi connectivity index (χ4v) is 1.96. The minimum Gasteiger partial charge on any atom is -0.366 e. The minimum absolute atomic E-state index is 0.151. The van der Waals surface area contributed by atoms with Crippen molar-refractivity contribution in [1.29, 1.82) is 0 Å². The maximum absolute atomic E-state index is 12.0. The van der Waals surface area contributed by atoms with Crippen LogP contribution < -0.4 is 0 Å². The van der Waals surface area contributed by atoms with Crippen LogP contribution in [-0.2, 0) is 4.74 Å². The average Bonchev–Trinajstić information content (AvgIpc) is 2.50. The maximum atomic E-state index is 12.0. The molecule has 1 unspecified atom stereocenters. The Bertz CT molecular complexity index is 467. The van der Waals surface area contributed by atoms with Gasteiger partial charge >= 0.3 is 0 Å². The average molecular weight is 272 g/mol. The lowest BCUT2D eigenvalue weighted by Crippen LogP contribution is -2.25. The van der Waals surface area contributed by atoms with Gasteiger partial charge in [-0.1, -0.05) is 62.4 Å². The molecule has 0 spiro atoms. The van der Waals surface area contributed by atoms with E-state index in [2.05, 4.69) is 18.8 Å². The van der Waals surface area contributed by atoms with E-state index in [0.29, 0.717) is 5.56 Å². The molecule has 0 bridgehead atoms. The second-order valence-corrected chi connectivity index (χ2v) is 5.19. The summed E-state index contributed by atoms with van der Waals surface area (Å²) in [6.45, 7) is 4.14. The van der Waals surface area contributed by atoms with Crippen LogP contribution in [0.1, 0.15) is 56.3 Å². The van der Waals surface area contributed by atoms with Crippen molar-refractivity contribution in [3.63, 3.8) is 0 Å². The maximum Gasteiger partial charge on any atom is 0.235 e. The third kappa shape index (κ3) is 5.59. The zero-order valence-corrected chi connectivity index (χ0v) is 12.7. The Morgan fingerprint density at radius 3 is 2.50 bits per heavy atom. The van der Waals surface area contributed by atoms with Gasteiger partial charge in [-0.2, -0.15) is 0 Å². The van der Waals surface area contributed by atoms with E-state index >= 15 is 0 Å². The number of hydrogen-bond acceptors (Lipinski definition) is 2. The van der Waals surface area contributed by atoms with Gasteiger partial charge in [-0.15, -0.1) is 0 Å². The van der Waals surface area contributed by atoms with Crippen LogP contribution in [0.3, 0.4) is 0 Å². The number of methoxy groups -OCH3 is 1. The predicted molar refractivity (Wildman–Crippen MR) is 82.7 cm³/mol. The Morgan fingerprint density at radius 1 is 1.20 bits per heavy atom. The monoisotopic (exact) mass is 272 g/mol. The fourth-order valence-electron chi connectivity index (χ4n) is 1.96. The first kappa shape index (κ1) is 16.5. The van der Waals surface area contributed by atoms with Crippen LogP contribution in [0.5, 0.6) is 0 Å². The number of benzene rings is 1. The summed E-state index contributed by atoms with van der Waals surface area (Å²) >= 11 is 0. The Balaban J connectivity index is 2.63. The second-order valence-electron chi connectivity index (χ2n) is 5.19. The van der Waals surface area contributed by atoms with Crippen molar-refractivity contribution in [3.8, 4) is 11.8 Å². The Morgan fingerprint density at radius 2 is 1.90 bits per heavy atom. The molecule has 0 N–H and O–H groups in total. The van der Waals surface area contributed by atoms with E-state index in [0.717, 1.165) is 12.8 Å². The molecule has 0 amide bonds. The van der Waals surface area contributed by atoms with Crippen LogP contribution in [-0.4, -0.2) is 18.5 Å². The fraction of sp³-hybridized carbons (Fsp3) is 0.500. The highest BCUT2D eigenvalue weighted by Crippen LogP contribution is 2.18. The van der Waals surface area contributed by atoms with E-state index in [1.807, 2.05) is 25.1 Å². The minimum atomic E-state index is -0.530. The molecule has 0 fully saturated rings. The number of hydrogen-bond donors (Lipinski definition) is 0. The summed E-state index contributed by atoms with van der Waals surface area (Å²) in [5.74, 6) is 5.57. The summed E-state index contributed by atoms with van der Waals surface area (Å²) in [5.41, 5.74) is 0.0995. The van der Waals surface area contributed by atoms with Gasteiger partial charge in [-0.3, -0.25) is 4.79 Å². The highest BCUT2D eigenvalue weighted by Gasteiger charge is 2.20. The summed E-state index contributed by atoms with van der Waals surface area (Å²) in [6, 6.07) is 9.13. The molecule has 2 nitrogen and oxygen atoms in total. The van der Waals surface area contributed by atoms with Crippen molar-refractivity contribution in [2.45, 2.75) is 51.6 Å². The molecule has 1 rings (SSSR count). The molecule has 0 radical (unpaired) electrons. The molecule has 2 heteroatoms. The van der Waals surface area contributed by atoms with Crippen molar-refractivity contribution in [2.24, 2.45) is 0 Å². The lowest BCUT2D eigenvalue weighted by Gasteiger charge is -2.21. The zero-order chi connectivity index (χ0) is 14.8. The molecule has 0 saturated carbocycles. The summed E-state index contributed by atoms with van der Waals surface area (Å²) in [7, 11) is 1.65. The van der Waals surface area contributed by atoms with Gasteiger partial charge in [-0.25, -0.2) is 0 Å². The topological polar surface area (TPSA) is 26.3 Å². The standard InChI is InChI=1S/C18H24O2/c1-4-5-6-10-14-18(2,20-3)15-13-17(19)16-11-8-7-9-12-16/h7-9,11-12H,4-6,10,14H2,1-3H3. The second kappa shape index (κ2) is 8.55. The molecule has 1 aromatic carbocycles. The van der Waals surface area contributed by atoms with Gasteiger partial charge in [0, 0.05) is 12.7 Å². The van der Waals surface area contributed by atoms with E-state index in [1.54, 1.807) is 19.2 Å². The van der Waals surface area contributed by atoms with Crippen molar-refractivity contribution < 1.29 is 9.53 Å². The van der Waals surface area contributed by atoms with Crippen LogP contribution >= 0.6 is 0 Å². The molecular formula is C18H24O2. The molecule has 108 valence electrons. The zero-order valence-electron chi connectivity index (χ0n) is 12.7. The van der Waals surface area contributed by atoms with Gasteiger partial charge in [0.25, 0.3) is 0 Å². The molecule has 0 aliphatic rings. The van der Waals surface area contributed by atoms with Gasteiger partial charge in [0.1, 0.15) is 5.60 Å². The highest BCUT2D eigenvalue weighted by molar-refractivity contribution is 6.09. The molecule has 0 aromatic heterocycles. The summed E-state index contributed by atoms with van der Waals surface area (Å²) in [4.78, 5) is 12.0. The van der Waals surface area contributed by atoms with E-state index in [4.69, 9.17) is 4.74 Å². The van der Waals surface area contributed by atoms with Gasteiger partial charge < -0.3 is 4.74 Å². The van der Waals surface area contributed by atoms with E-state index in [9.17, 15) is 4.79 Å². The lowest BCUT2D eigenvalue weighted by atomic mass is 9.97. The largest absolute Gasteiger partial charge is 0.366 e. The van der Waals surface area contributed by atoms with Crippen LogP contribution in [0.25, 0.3) is 0 Å². The Hall–Kier alpha value is -1.59. The molecule has 20 heavy (non-hydrogen) atoms. The number of carbonyl (C=O) groups excluding carboxylic acids is 1. The first-order valence-electron chi connectivity index (χ1n) is 7.29. The number of ketones is 1. The lowest BCUT2D eigenvalue weighted by molar-refractivity contribution is 0.0475. The number of unbranched alkanes of at least 4 members (excludes halogenated alkanes) is 3. The van der Waals surface area contributed by atoms with Crippen LogP contribution in [0, 0.1) is 11.8 Å². The molecule has 0 aliphatic heterocycles. The van der Waals surface area contributed by atoms with Crippen molar-refractivity contribution in [3.05, 3.63) is 35.9 Å². The molecule has 0 saturated heterocycles. The van der Waals surface area contributed by atoms with Crippen LogP contribution in [0.4, 0.5) is 0 Å². The molecule has 0 heterocycles. The smallest absolute Gasteiger partial charge is 0.235 e. The quantitative estimate of drug-likeness (QED) is 0.321. The Labute approximate surface area is 122 Å².